The van der Waals surface area contributed by atoms with Gasteiger partial charge in [0.25, 0.3) is 0 Å². The first-order valence-corrected chi connectivity index (χ1v) is 9.84. The highest BCUT2D eigenvalue weighted by atomic mass is 19.4. The fourth-order valence-electron chi connectivity index (χ4n) is 3.69. The normalized spacial score (nSPS) is 21.9. The van der Waals surface area contributed by atoms with Crippen molar-refractivity contribution >= 4 is 5.91 Å². The molecular weight excluding hydrogens is 357 g/mol. The van der Waals surface area contributed by atoms with E-state index in [0.29, 0.717) is 5.69 Å². The largest absolute Gasteiger partial charge is 0.435 e. The molecule has 1 saturated heterocycles. The predicted molar refractivity (Wildman–Crippen MR) is 96.4 cm³/mol. The Balaban J connectivity index is 1.62. The van der Waals surface area contributed by atoms with E-state index in [2.05, 4.69) is 22.2 Å². The lowest BCUT2D eigenvalue weighted by molar-refractivity contribution is -0.142. The maximum Gasteiger partial charge on any atom is 0.435 e. The number of rotatable bonds is 6. The molecule has 0 radical (unpaired) electrons. The summed E-state index contributed by atoms with van der Waals surface area (Å²) in [4.78, 5) is 15.0. The van der Waals surface area contributed by atoms with Gasteiger partial charge >= 0.3 is 6.18 Å². The summed E-state index contributed by atoms with van der Waals surface area (Å²) in [6.07, 6.45) is -0.476. The van der Waals surface area contributed by atoms with Gasteiger partial charge < -0.3 is 10.2 Å². The predicted octanol–water partition coefficient (Wildman–Crippen LogP) is 3.58. The van der Waals surface area contributed by atoms with Gasteiger partial charge in [-0.15, -0.1) is 0 Å². The third-order valence-electron chi connectivity index (χ3n) is 5.59. The number of hydrogen-bond donors (Lipinski definition) is 1. The quantitative estimate of drug-likeness (QED) is 0.813. The first kappa shape index (κ1) is 20.2. The first-order valence-electron chi connectivity index (χ1n) is 9.84. The fourth-order valence-corrected chi connectivity index (χ4v) is 3.69. The third kappa shape index (κ3) is 5.03. The van der Waals surface area contributed by atoms with Crippen molar-refractivity contribution in [2.45, 2.75) is 70.6 Å². The van der Waals surface area contributed by atoms with E-state index >= 15 is 0 Å². The van der Waals surface area contributed by atoms with Crippen LogP contribution in [-0.2, 0) is 11.0 Å². The summed E-state index contributed by atoms with van der Waals surface area (Å²) in [6, 6.07) is 0.274. The smallest absolute Gasteiger partial charge is 0.351 e. The van der Waals surface area contributed by atoms with Gasteiger partial charge in [-0.05, 0) is 64.6 Å². The molecular formula is C19H29F3N4O. The topological polar surface area (TPSA) is 50.2 Å². The minimum Gasteiger partial charge on any atom is -0.351 e. The number of carbonyl (C=O) groups excluding carboxylic acids is 1. The summed E-state index contributed by atoms with van der Waals surface area (Å²) in [6.45, 7) is 8.61. The van der Waals surface area contributed by atoms with E-state index in [4.69, 9.17) is 0 Å². The van der Waals surface area contributed by atoms with Gasteiger partial charge in [0, 0.05) is 24.2 Å². The molecule has 8 heteroatoms. The zero-order valence-corrected chi connectivity index (χ0v) is 16.2. The summed E-state index contributed by atoms with van der Waals surface area (Å²) in [5.74, 6) is 0.540. The van der Waals surface area contributed by atoms with E-state index in [9.17, 15) is 18.0 Å². The minimum absolute atomic E-state index is 0.0598. The molecule has 5 nitrogen and oxygen atoms in total. The highest BCUT2D eigenvalue weighted by molar-refractivity contribution is 5.80. The van der Waals surface area contributed by atoms with Gasteiger partial charge in [0.2, 0.25) is 5.91 Å². The van der Waals surface area contributed by atoms with E-state index in [0.717, 1.165) is 57.3 Å². The average molecular weight is 386 g/mol. The van der Waals surface area contributed by atoms with E-state index < -0.39 is 17.9 Å². The van der Waals surface area contributed by atoms with Crippen LogP contribution in [0.1, 0.15) is 69.8 Å². The Bertz CT molecular complexity index is 660. The number of aromatic nitrogens is 2. The van der Waals surface area contributed by atoms with E-state index in [1.165, 1.54) is 4.68 Å². The molecule has 0 spiro atoms. The number of hydrogen-bond acceptors (Lipinski definition) is 3. The van der Waals surface area contributed by atoms with Gasteiger partial charge in [0.1, 0.15) is 6.04 Å². The number of piperidine rings is 1. The molecule has 152 valence electrons. The van der Waals surface area contributed by atoms with Crippen molar-refractivity contribution in [3.8, 4) is 0 Å². The van der Waals surface area contributed by atoms with Gasteiger partial charge in [0.05, 0.1) is 0 Å². The van der Waals surface area contributed by atoms with Crippen LogP contribution in [0.2, 0.25) is 0 Å². The summed E-state index contributed by atoms with van der Waals surface area (Å²) >= 11 is 0. The highest BCUT2D eigenvalue weighted by Gasteiger charge is 2.39. The molecule has 0 bridgehead atoms. The zero-order chi connectivity index (χ0) is 19.8. The molecule has 3 rings (SSSR count). The molecule has 1 N–H and O–H groups in total. The van der Waals surface area contributed by atoms with Crippen LogP contribution in [-0.4, -0.2) is 46.3 Å². The summed E-state index contributed by atoms with van der Waals surface area (Å²) < 4.78 is 40.4. The molecule has 1 aliphatic carbocycles. The fraction of sp³-hybridized carbons (Fsp3) is 0.789. The molecule has 2 fully saturated rings. The third-order valence-corrected chi connectivity index (χ3v) is 5.59. The van der Waals surface area contributed by atoms with Gasteiger partial charge in [0.15, 0.2) is 5.69 Å². The van der Waals surface area contributed by atoms with E-state index in [-0.39, 0.29) is 17.9 Å². The number of halogens is 3. The first-order chi connectivity index (χ1) is 12.6. The molecule has 1 saturated carbocycles. The maximum absolute atomic E-state index is 13.0. The summed E-state index contributed by atoms with van der Waals surface area (Å²) in [5.41, 5.74) is -0.401. The molecule has 2 atom stereocenters. The van der Waals surface area contributed by atoms with Crippen LogP contribution in [0.15, 0.2) is 6.07 Å². The Labute approximate surface area is 158 Å². The van der Waals surface area contributed by atoms with Crippen molar-refractivity contribution in [2.75, 3.05) is 19.6 Å². The van der Waals surface area contributed by atoms with Crippen LogP contribution in [0, 0.1) is 5.92 Å². The Morgan fingerprint density at radius 2 is 1.89 bits per heavy atom. The van der Waals surface area contributed by atoms with Crippen molar-refractivity contribution in [2.24, 2.45) is 5.92 Å². The SMILES string of the molecule is CC1CCN(C[C@@H](C)NC(=O)[C@@H](C)n2nc(C(F)(F)F)cc2C2CC2)CC1. The zero-order valence-electron chi connectivity index (χ0n) is 16.2. The number of nitrogens with one attached hydrogen (secondary N) is 1. The summed E-state index contributed by atoms with van der Waals surface area (Å²) in [5, 5.41) is 6.66. The Hall–Kier alpha value is -1.57. The van der Waals surface area contributed by atoms with Gasteiger partial charge in [-0.2, -0.15) is 18.3 Å². The van der Waals surface area contributed by atoms with Crippen LogP contribution in [0.3, 0.4) is 0 Å². The minimum atomic E-state index is -4.50. The summed E-state index contributed by atoms with van der Waals surface area (Å²) in [7, 11) is 0. The van der Waals surface area contributed by atoms with Crippen LogP contribution >= 0.6 is 0 Å². The molecule has 0 unspecified atom stereocenters. The van der Waals surface area contributed by atoms with Gasteiger partial charge in [-0.1, -0.05) is 6.92 Å². The van der Waals surface area contributed by atoms with Gasteiger partial charge in [-0.3, -0.25) is 9.48 Å². The molecule has 1 aromatic rings. The maximum atomic E-state index is 13.0. The lowest BCUT2D eigenvalue weighted by Gasteiger charge is -2.32. The number of alkyl halides is 3. The molecule has 27 heavy (non-hydrogen) atoms. The molecule has 0 aromatic carbocycles. The van der Waals surface area contributed by atoms with Crippen molar-refractivity contribution in [1.29, 1.82) is 0 Å². The van der Waals surface area contributed by atoms with Crippen molar-refractivity contribution in [3.63, 3.8) is 0 Å². The number of carbonyl (C=O) groups is 1. The molecule has 2 heterocycles. The van der Waals surface area contributed by atoms with Crippen LogP contribution in [0.4, 0.5) is 13.2 Å². The molecule has 1 amide bonds. The Morgan fingerprint density at radius 3 is 2.44 bits per heavy atom. The van der Waals surface area contributed by atoms with Crippen LogP contribution in [0.25, 0.3) is 0 Å². The molecule has 2 aliphatic rings. The number of nitrogens with zero attached hydrogens (tertiary/aromatic N) is 3. The molecule has 1 aliphatic heterocycles. The van der Waals surface area contributed by atoms with E-state index in [1.54, 1.807) is 6.92 Å². The van der Waals surface area contributed by atoms with Gasteiger partial charge in [-0.25, -0.2) is 0 Å². The Kier molecular flexibility index (Phi) is 5.84. The average Bonchev–Trinajstić information content (AvgIpc) is 3.33. The molecule has 1 aromatic heterocycles. The lowest BCUT2D eigenvalue weighted by atomic mass is 9.99. The second-order valence-corrected chi connectivity index (χ2v) is 8.24. The van der Waals surface area contributed by atoms with Crippen molar-refractivity contribution in [3.05, 3.63) is 17.5 Å². The number of likely N-dealkylation sites (tertiary alicyclic amines) is 1. The monoisotopic (exact) mass is 386 g/mol. The standard InChI is InChI=1S/C19H29F3N4O/c1-12-6-8-25(9-7-12)11-13(2)23-18(27)14(3)26-16(15-4-5-15)10-17(24-26)19(20,21)22/h10,12-15H,4-9,11H2,1-3H3,(H,23,27)/t13-,14-/m1/s1. The van der Waals surface area contributed by atoms with Crippen molar-refractivity contribution < 1.29 is 18.0 Å². The van der Waals surface area contributed by atoms with E-state index in [1.807, 2.05) is 6.92 Å². The van der Waals surface area contributed by atoms with Crippen molar-refractivity contribution in [1.82, 2.24) is 20.0 Å². The highest BCUT2D eigenvalue weighted by Crippen LogP contribution is 2.42. The lowest BCUT2D eigenvalue weighted by Crippen LogP contribution is -2.46. The van der Waals surface area contributed by atoms with Crippen LogP contribution < -0.4 is 5.32 Å². The Morgan fingerprint density at radius 1 is 1.26 bits per heavy atom. The van der Waals surface area contributed by atoms with Crippen LogP contribution in [0.5, 0.6) is 0 Å². The second-order valence-electron chi connectivity index (χ2n) is 8.24. The number of amides is 1. The second kappa shape index (κ2) is 7.81.